The van der Waals surface area contributed by atoms with Gasteiger partial charge in [-0.15, -0.1) is 0 Å². The third-order valence-electron chi connectivity index (χ3n) is 1.55. The Labute approximate surface area is 84.5 Å². The summed E-state index contributed by atoms with van der Waals surface area (Å²) in [5, 5.41) is 0. The van der Waals surface area contributed by atoms with E-state index in [2.05, 4.69) is 30.0 Å². The summed E-state index contributed by atoms with van der Waals surface area (Å²) in [5.41, 5.74) is 1.80. The molecule has 1 heteroatoms. The topological polar surface area (TPSA) is 12.9 Å². The van der Waals surface area contributed by atoms with Gasteiger partial charge >= 0.3 is 0 Å². The highest BCUT2D eigenvalue weighted by Crippen LogP contribution is 1.96. The van der Waals surface area contributed by atoms with E-state index < -0.39 is 0 Å². The van der Waals surface area contributed by atoms with Crippen LogP contribution < -0.4 is 0 Å². The molecule has 1 aromatic rings. The van der Waals surface area contributed by atoms with Crippen LogP contribution in [-0.4, -0.2) is 4.98 Å². The van der Waals surface area contributed by atoms with Gasteiger partial charge in [0.25, 0.3) is 0 Å². The molecule has 68 valence electrons. The third kappa shape index (κ3) is 3.12. The van der Waals surface area contributed by atoms with Crippen molar-refractivity contribution in [3.8, 4) is 11.8 Å². The van der Waals surface area contributed by atoms with E-state index in [-0.39, 0.29) is 0 Å². The summed E-state index contributed by atoms with van der Waals surface area (Å²) in [4.78, 5) is 3.91. The Hall–Kier alpha value is -2.07. The first kappa shape index (κ1) is 10.0. The smallest absolute Gasteiger partial charge is 0.0280 e. The summed E-state index contributed by atoms with van der Waals surface area (Å²) in [6.07, 6.45) is 8.65. The minimum atomic E-state index is 0.858. The Morgan fingerprint density at radius 1 is 1.29 bits per heavy atom. The highest BCUT2D eigenvalue weighted by Gasteiger charge is 1.83. The van der Waals surface area contributed by atoms with E-state index in [4.69, 9.17) is 0 Å². The van der Waals surface area contributed by atoms with Gasteiger partial charge in [-0.2, -0.15) is 0 Å². The van der Waals surface area contributed by atoms with Gasteiger partial charge in [0.2, 0.25) is 0 Å². The van der Waals surface area contributed by atoms with Crippen molar-refractivity contribution in [3.63, 3.8) is 0 Å². The van der Waals surface area contributed by atoms with E-state index >= 15 is 0 Å². The van der Waals surface area contributed by atoms with E-state index in [0.717, 1.165) is 11.1 Å². The van der Waals surface area contributed by atoms with Gasteiger partial charge in [0.05, 0.1) is 0 Å². The lowest BCUT2D eigenvalue weighted by molar-refractivity contribution is 1.32. The van der Waals surface area contributed by atoms with Gasteiger partial charge < -0.3 is 0 Å². The van der Waals surface area contributed by atoms with Crippen molar-refractivity contribution in [3.05, 3.63) is 67.0 Å². The molecule has 0 aromatic carbocycles. The quantitative estimate of drug-likeness (QED) is 0.505. The van der Waals surface area contributed by atoms with Crippen LogP contribution in [0.1, 0.15) is 5.56 Å². The van der Waals surface area contributed by atoms with Gasteiger partial charge in [-0.1, -0.05) is 37.2 Å². The molecule has 0 aliphatic carbocycles. The molecule has 0 aliphatic heterocycles. The number of pyridine rings is 1. The molecule has 1 nitrogen and oxygen atoms in total. The lowest BCUT2D eigenvalue weighted by atomic mass is 10.2. The molecule has 0 atom stereocenters. The highest BCUT2D eigenvalue weighted by molar-refractivity contribution is 5.44. The van der Waals surface area contributed by atoms with Gasteiger partial charge in [0.1, 0.15) is 0 Å². The van der Waals surface area contributed by atoms with E-state index in [1.807, 2.05) is 18.2 Å². The number of hydrogen-bond acceptors (Lipinski definition) is 1. The zero-order valence-electron chi connectivity index (χ0n) is 7.90. The van der Waals surface area contributed by atoms with Crippen LogP contribution in [0.4, 0.5) is 0 Å². The average Bonchev–Trinajstić information content (AvgIpc) is 2.25. The predicted octanol–water partition coefficient (Wildman–Crippen LogP) is 2.73. The molecule has 0 amide bonds. The van der Waals surface area contributed by atoms with Crippen LogP contribution in [0.15, 0.2) is 61.5 Å². The maximum Gasteiger partial charge on any atom is 0.0280 e. The maximum absolute atomic E-state index is 3.91. The van der Waals surface area contributed by atoms with Gasteiger partial charge in [-0.3, -0.25) is 4.98 Å². The Kier molecular flexibility index (Phi) is 3.97. The predicted molar refractivity (Wildman–Crippen MR) is 59.6 cm³/mol. The fourth-order valence-electron chi connectivity index (χ4n) is 0.867. The Morgan fingerprint density at radius 3 is 2.57 bits per heavy atom. The van der Waals surface area contributed by atoms with Crippen LogP contribution >= 0.6 is 0 Å². The molecule has 1 aromatic heterocycles. The van der Waals surface area contributed by atoms with Crippen LogP contribution in [0.5, 0.6) is 0 Å². The Balaban J connectivity index is 2.87. The first-order valence-electron chi connectivity index (χ1n) is 4.24. The van der Waals surface area contributed by atoms with Gasteiger partial charge in [0, 0.05) is 23.5 Å². The van der Waals surface area contributed by atoms with Gasteiger partial charge in [0.15, 0.2) is 0 Å². The molecule has 0 fully saturated rings. The second kappa shape index (κ2) is 5.55. The minimum Gasteiger partial charge on any atom is -0.265 e. The Bertz CT molecular complexity index is 402. The molecule has 0 unspecified atom stereocenters. The van der Waals surface area contributed by atoms with Crippen molar-refractivity contribution in [2.24, 2.45) is 0 Å². The van der Waals surface area contributed by atoms with Crippen LogP contribution in [0.3, 0.4) is 0 Å². The largest absolute Gasteiger partial charge is 0.265 e. The molecule has 14 heavy (non-hydrogen) atoms. The third-order valence-corrected chi connectivity index (χ3v) is 1.55. The monoisotopic (exact) mass is 181 g/mol. The summed E-state index contributed by atoms with van der Waals surface area (Å²) < 4.78 is 0. The molecular formula is C13H11N. The van der Waals surface area contributed by atoms with Crippen molar-refractivity contribution in [2.75, 3.05) is 0 Å². The van der Waals surface area contributed by atoms with Crippen LogP contribution in [0.2, 0.25) is 0 Å². The first-order valence-corrected chi connectivity index (χ1v) is 4.24. The summed E-state index contributed by atoms with van der Waals surface area (Å²) in [6.45, 7) is 7.26. The molecule has 0 saturated carbocycles. The van der Waals surface area contributed by atoms with Gasteiger partial charge in [-0.05, 0) is 18.2 Å². The zero-order valence-corrected chi connectivity index (χ0v) is 7.90. The van der Waals surface area contributed by atoms with Crippen molar-refractivity contribution < 1.29 is 0 Å². The fourth-order valence-corrected chi connectivity index (χ4v) is 0.867. The summed E-state index contributed by atoms with van der Waals surface area (Å²) >= 11 is 0. The van der Waals surface area contributed by atoms with Crippen LogP contribution in [0, 0.1) is 11.8 Å². The van der Waals surface area contributed by atoms with Crippen molar-refractivity contribution in [2.45, 2.75) is 0 Å². The SMILES string of the molecule is C=CC=C(C#Cc1ccncc1)C=C. The fraction of sp³-hybridized carbons (Fsp3) is 0. The minimum absolute atomic E-state index is 0.858. The molecule has 0 aliphatic rings. The maximum atomic E-state index is 3.91. The molecule has 1 heterocycles. The molecule has 0 bridgehead atoms. The lowest BCUT2D eigenvalue weighted by Gasteiger charge is -1.87. The summed E-state index contributed by atoms with van der Waals surface area (Å²) in [7, 11) is 0. The van der Waals surface area contributed by atoms with Crippen molar-refractivity contribution in [1.29, 1.82) is 0 Å². The standard InChI is InChI=1S/C13H11N/c1-3-5-12(4-2)6-7-13-8-10-14-11-9-13/h3-5,8-11H,1-2H2. The second-order valence-electron chi connectivity index (χ2n) is 2.55. The second-order valence-corrected chi connectivity index (χ2v) is 2.55. The normalized spacial score (nSPS) is 9.86. The van der Waals surface area contributed by atoms with Crippen LogP contribution in [0.25, 0.3) is 0 Å². The van der Waals surface area contributed by atoms with E-state index in [1.165, 1.54) is 0 Å². The average molecular weight is 181 g/mol. The van der Waals surface area contributed by atoms with Crippen LogP contribution in [-0.2, 0) is 0 Å². The zero-order chi connectivity index (χ0) is 10.2. The number of rotatable bonds is 2. The summed E-state index contributed by atoms with van der Waals surface area (Å²) in [5.74, 6) is 5.98. The molecular weight excluding hydrogens is 170 g/mol. The van der Waals surface area contributed by atoms with E-state index in [0.29, 0.717) is 0 Å². The van der Waals surface area contributed by atoms with Gasteiger partial charge in [-0.25, -0.2) is 0 Å². The molecule has 0 N–H and O–H groups in total. The molecule has 0 saturated heterocycles. The van der Waals surface area contributed by atoms with E-state index in [1.54, 1.807) is 24.5 Å². The van der Waals surface area contributed by atoms with E-state index in [9.17, 15) is 0 Å². The number of hydrogen-bond donors (Lipinski definition) is 0. The number of nitrogens with zero attached hydrogens (tertiary/aromatic N) is 1. The highest BCUT2D eigenvalue weighted by atomic mass is 14.6. The molecule has 1 rings (SSSR count). The lowest BCUT2D eigenvalue weighted by Crippen LogP contribution is -1.75. The number of aromatic nitrogens is 1. The van der Waals surface area contributed by atoms with Crippen molar-refractivity contribution in [1.82, 2.24) is 4.98 Å². The number of allylic oxidation sites excluding steroid dienone is 4. The Morgan fingerprint density at radius 2 is 2.00 bits per heavy atom. The molecule has 0 spiro atoms. The molecule has 0 radical (unpaired) electrons. The summed E-state index contributed by atoms with van der Waals surface area (Å²) in [6, 6.07) is 3.73. The first-order chi connectivity index (χ1) is 6.86. The van der Waals surface area contributed by atoms with Crippen molar-refractivity contribution >= 4 is 0 Å².